The molecule has 1 amide bonds. The number of hydrogen-bond acceptors (Lipinski definition) is 4. The molecule has 0 aliphatic carbocycles. The highest BCUT2D eigenvalue weighted by atomic mass is 32.2. The van der Waals surface area contributed by atoms with Crippen molar-refractivity contribution in [2.75, 3.05) is 26.0 Å². The molecule has 2 heterocycles. The van der Waals surface area contributed by atoms with E-state index in [1.165, 1.54) is 0 Å². The lowest BCUT2D eigenvalue weighted by molar-refractivity contribution is 0.0144. The summed E-state index contributed by atoms with van der Waals surface area (Å²) in [6.45, 7) is 5.85. The third kappa shape index (κ3) is 4.07. The number of amides is 1. The van der Waals surface area contributed by atoms with Crippen molar-refractivity contribution in [2.45, 2.75) is 38.9 Å². The molecular weight excluding hydrogens is 298 g/mol. The van der Waals surface area contributed by atoms with Crippen LogP contribution in [0.2, 0.25) is 0 Å². The number of furan rings is 1. The zero-order valence-electron chi connectivity index (χ0n) is 13.8. The molecule has 5 heteroatoms. The van der Waals surface area contributed by atoms with Crippen molar-refractivity contribution in [3.8, 4) is 0 Å². The number of thioether (sulfide) groups is 1. The van der Waals surface area contributed by atoms with Crippen LogP contribution in [0, 0.1) is 11.3 Å². The number of hydrogen-bond donors (Lipinski definition) is 1. The van der Waals surface area contributed by atoms with Crippen LogP contribution in [-0.4, -0.2) is 41.9 Å². The topological polar surface area (TPSA) is 53.7 Å². The molecule has 1 aromatic heterocycles. The van der Waals surface area contributed by atoms with E-state index in [1.54, 1.807) is 17.8 Å². The van der Waals surface area contributed by atoms with Gasteiger partial charge in [0.15, 0.2) is 5.76 Å². The van der Waals surface area contributed by atoms with Crippen LogP contribution in [0.25, 0.3) is 0 Å². The van der Waals surface area contributed by atoms with E-state index >= 15 is 0 Å². The highest BCUT2D eigenvalue weighted by molar-refractivity contribution is 7.97. The van der Waals surface area contributed by atoms with Gasteiger partial charge in [-0.15, -0.1) is 0 Å². The maximum absolute atomic E-state index is 12.7. The second-order valence-corrected chi connectivity index (χ2v) is 7.65. The Hall–Kier alpha value is -0.940. The maximum Gasteiger partial charge on any atom is 0.289 e. The van der Waals surface area contributed by atoms with E-state index in [4.69, 9.17) is 4.42 Å². The SMILES string of the molecule is CSCc1ccc(C(=O)N2CCC[C@@](CO)(CC(C)C)C2)o1. The van der Waals surface area contributed by atoms with Crippen LogP contribution in [0.5, 0.6) is 0 Å². The molecule has 22 heavy (non-hydrogen) atoms. The van der Waals surface area contributed by atoms with Gasteiger partial charge in [-0.25, -0.2) is 0 Å². The van der Waals surface area contributed by atoms with Gasteiger partial charge in [-0.2, -0.15) is 11.8 Å². The van der Waals surface area contributed by atoms with Crippen molar-refractivity contribution in [1.29, 1.82) is 0 Å². The summed E-state index contributed by atoms with van der Waals surface area (Å²) in [5.74, 6) is 2.50. The first kappa shape index (κ1) is 17.4. The van der Waals surface area contributed by atoms with Gasteiger partial charge in [0.25, 0.3) is 5.91 Å². The molecule has 1 saturated heterocycles. The molecule has 124 valence electrons. The van der Waals surface area contributed by atoms with Gasteiger partial charge in [0, 0.05) is 18.5 Å². The molecule has 0 saturated carbocycles. The Morgan fingerprint density at radius 1 is 1.50 bits per heavy atom. The molecular formula is C17H27NO3S. The summed E-state index contributed by atoms with van der Waals surface area (Å²) in [5, 5.41) is 9.87. The van der Waals surface area contributed by atoms with Crippen LogP contribution >= 0.6 is 11.8 Å². The monoisotopic (exact) mass is 325 g/mol. The molecule has 0 spiro atoms. The Kier molecular flexibility index (Phi) is 5.98. The molecule has 0 radical (unpaired) electrons. The van der Waals surface area contributed by atoms with E-state index in [9.17, 15) is 9.90 Å². The minimum Gasteiger partial charge on any atom is -0.455 e. The molecule has 4 nitrogen and oxygen atoms in total. The third-order valence-electron chi connectivity index (χ3n) is 4.28. The average molecular weight is 325 g/mol. The van der Waals surface area contributed by atoms with E-state index in [1.807, 2.05) is 17.2 Å². The largest absolute Gasteiger partial charge is 0.455 e. The molecule has 2 rings (SSSR count). The third-order valence-corrected chi connectivity index (χ3v) is 4.86. The van der Waals surface area contributed by atoms with Crippen molar-refractivity contribution in [1.82, 2.24) is 4.90 Å². The van der Waals surface area contributed by atoms with E-state index in [0.29, 0.717) is 18.2 Å². The fraction of sp³-hybridized carbons (Fsp3) is 0.706. The maximum atomic E-state index is 12.7. The van der Waals surface area contributed by atoms with Crippen LogP contribution in [0.4, 0.5) is 0 Å². The Morgan fingerprint density at radius 3 is 2.91 bits per heavy atom. The van der Waals surface area contributed by atoms with Crippen molar-refractivity contribution >= 4 is 17.7 Å². The molecule has 1 aromatic rings. The minimum atomic E-state index is -0.156. The summed E-state index contributed by atoms with van der Waals surface area (Å²) in [4.78, 5) is 14.5. The lowest BCUT2D eigenvalue weighted by atomic mass is 9.74. The number of nitrogens with zero attached hydrogens (tertiary/aromatic N) is 1. The second-order valence-electron chi connectivity index (χ2n) is 6.79. The van der Waals surface area contributed by atoms with Crippen LogP contribution in [-0.2, 0) is 5.75 Å². The average Bonchev–Trinajstić information content (AvgIpc) is 2.95. The standard InChI is InChI=1S/C17H27NO3S/c1-13(2)9-17(12-19)7-4-8-18(11-17)16(20)15-6-5-14(21-15)10-22-3/h5-6,13,19H,4,7-12H2,1-3H3/t17-/m1/s1. The van der Waals surface area contributed by atoms with Gasteiger partial charge < -0.3 is 14.4 Å². The number of aliphatic hydroxyl groups is 1. The first-order chi connectivity index (χ1) is 10.5. The summed E-state index contributed by atoms with van der Waals surface area (Å²) in [5.41, 5.74) is -0.156. The Balaban J connectivity index is 2.08. The Labute approximate surface area is 137 Å². The summed E-state index contributed by atoms with van der Waals surface area (Å²) in [6.07, 6.45) is 4.89. The van der Waals surface area contributed by atoms with Crippen LogP contribution in [0.15, 0.2) is 16.5 Å². The highest BCUT2D eigenvalue weighted by Gasteiger charge is 2.37. The lowest BCUT2D eigenvalue weighted by Gasteiger charge is -2.42. The van der Waals surface area contributed by atoms with E-state index in [-0.39, 0.29) is 17.9 Å². The summed E-state index contributed by atoms with van der Waals surface area (Å²) in [6, 6.07) is 3.65. The predicted molar refractivity (Wildman–Crippen MR) is 90.0 cm³/mol. The predicted octanol–water partition coefficient (Wildman–Crippen LogP) is 3.40. The van der Waals surface area contributed by atoms with Crippen molar-refractivity contribution in [3.05, 3.63) is 23.7 Å². The van der Waals surface area contributed by atoms with Crippen LogP contribution in [0.3, 0.4) is 0 Å². The van der Waals surface area contributed by atoms with E-state index in [0.717, 1.165) is 37.3 Å². The molecule has 0 unspecified atom stereocenters. The quantitative estimate of drug-likeness (QED) is 0.871. The number of rotatable bonds is 6. The summed E-state index contributed by atoms with van der Waals surface area (Å²) in [7, 11) is 0. The van der Waals surface area contributed by atoms with Crippen molar-refractivity contribution < 1.29 is 14.3 Å². The number of piperidine rings is 1. The highest BCUT2D eigenvalue weighted by Crippen LogP contribution is 2.36. The lowest BCUT2D eigenvalue weighted by Crippen LogP contribution is -2.48. The molecule has 1 N–H and O–H groups in total. The van der Waals surface area contributed by atoms with Gasteiger partial charge in [-0.3, -0.25) is 4.79 Å². The minimum absolute atomic E-state index is 0.0476. The molecule has 1 aliphatic rings. The molecule has 1 fully saturated rings. The number of likely N-dealkylation sites (tertiary alicyclic amines) is 1. The van der Waals surface area contributed by atoms with Crippen LogP contribution in [0.1, 0.15) is 49.4 Å². The number of carbonyl (C=O) groups is 1. The van der Waals surface area contributed by atoms with Gasteiger partial charge >= 0.3 is 0 Å². The Bertz CT molecular complexity index is 500. The Morgan fingerprint density at radius 2 is 2.27 bits per heavy atom. The summed E-state index contributed by atoms with van der Waals surface area (Å²) < 4.78 is 5.65. The van der Waals surface area contributed by atoms with E-state index < -0.39 is 0 Å². The smallest absolute Gasteiger partial charge is 0.289 e. The van der Waals surface area contributed by atoms with Crippen molar-refractivity contribution in [3.63, 3.8) is 0 Å². The van der Waals surface area contributed by atoms with E-state index in [2.05, 4.69) is 13.8 Å². The fourth-order valence-corrected chi connectivity index (χ4v) is 3.92. The van der Waals surface area contributed by atoms with Gasteiger partial charge in [0.05, 0.1) is 12.4 Å². The van der Waals surface area contributed by atoms with Gasteiger partial charge in [-0.1, -0.05) is 13.8 Å². The molecule has 1 aliphatic heterocycles. The zero-order chi connectivity index (χ0) is 16.2. The molecule has 0 bridgehead atoms. The number of aliphatic hydroxyl groups excluding tert-OH is 1. The fourth-order valence-electron chi connectivity index (χ4n) is 3.48. The first-order valence-electron chi connectivity index (χ1n) is 7.97. The number of carbonyl (C=O) groups excluding carboxylic acids is 1. The van der Waals surface area contributed by atoms with Gasteiger partial charge in [0.1, 0.15) is 5.76 Å². The van der Waals surface area contributed by atoms with Crippen molar-refractivity contribution in [2.24, 2.45) is 11.3 Å². The van der Waals surface area contributed by atoms with Gasteiger partial charge in [-0.05, 0) is 43.6 Å². The zero-order valence-corrected chi connectivity index (χ0v) is 14.6. The molecule has 0 aromatic carbocycles. The normalized spacial score (nSPS) is 22.3. The summed E-state index contributed by atoms with van der Waals surface area (Å²) >= 11 is 1.67. The second kappa shape index (κ2) is 7.55. The molecule has 1 atom stereocenters. The van der Waals surface area contributed by atoms with Crippen LogP contribution < -0.4 is 0 Å². The first-order valence-corrected chi connectivity index (χ1v) is 9.37. The van der Waals surface area contributed by atoms with Gasteiger partial charge in [0.2, 0.25) is 0 Å².